The maximum absolute atomic E-state index is 11.6. The second-order valence-electron chi connectivity index (χ2n) is 5.17. The Balaban J connectivity index is 1.63. The van der Waals surface area contributed by atoms with Crippen LogP contribution in [0.4, 0.5) is 0 Å². The van der Waals surface area contributed by atoms with Gasteiger partial charge in [0, 0.05) is 18.5 Å². The lowest BCUT2D eigenvalue weighted by molar-refractivity contribution is -0.122. The van der Waals surface area contributed by atoms with Gasteiger partial charge in [0.2, 0.25) is 5.91 Å². The molecule has 2 fully saturated rings. The SMILES string of the molecule is NC1CCCC(NC(=O)CCC2CC2)C1. The third-order valence-corrected chi connectivity index (χ3v) is 3.56. The molecule has 1 amide bonds. The Morgan fingerprint density at radius 2 is 2.07 bits per heavy atom. The van der Waals surface area contributed by atoms with Gasteiger partial charge in [-0.3, -0.25) is 4.79 Å². The van der Waals surface area contributed by atoms with Crippen LogP contribution in [0.2, 0.25) is 0 Å². The first-order valence-corrected chi connectivity index (χ1v) is 6.29. The highest BCUT2D eigenvalue weighted by molar-refractivity contribution is 5.76. The number of carbonyl (C=O) groups excluding carboxylic acids is 1. The van der Waals surface area contributed by atoms with Crippen LogP contribution in [0, 0.1) is 5.92 Å². The molecule has 0 spiro atoms. The van der Waals surface area contributed by atoms with Gasteiger partial charge >= 0.3 is 0 Å². The van der Waals surface area contributed by atoms with Crippen molar-refractivity contribution >= 4 is 5.91 Å². The molecular formula is C12H22N2O. The van der Waals surface area contributed by atoms with E-state index in [1.54, 1.807) is 0 Å². The molecule has 0 bridgehead atoms. The summed E-state index contributed by atoms with van der Waals surface area (Å²) in [5, 5.41) is 3.11. The van der Waals surface area contributed by atoms with Gasteiger partial charge in [-0.15, -0.1) is 0 Å². The molecule has 2 atom stereocenters. The first-order chi connectivity index (χ1) is 7.24. The molecule has 0 aromatic carbocycles. The van der Waals surface area contributed by atoms with E-state index in [4.69, 9.17) is 5.73 Å². The summed E-state index contributed by atoms with van der Waals surface area (Å²) in [4.78, 5) is 11.6. The van der Waals surface area contributed by atoms with Crippen LogP contribution in [0.3, 0.4) is 0 Å². The molecule has 2 rings (SSSR count). The maximum atomic E-state index is 11.6. The third-order valence-electron chi connectivity index (χ3n) is 3.56. The first-order valence-electron chi connectivity index (χ1n) is 6.29. The molecular weight excluding hydrogens is 188 g/mol. The second kappa shape index (κ2) is 4.97. The lowest BCUT2D eigenvalue weighted by Crippen LogP contribution is -2.42. The summed E-state index contributed by atoms with van der Waals surface area (Å²) < 4.78 is 0. The molecule has 2 unspecified atom stereocenters. The largest absolute Gasteiger partial charge is 0.353 e. The third kappa shape index (κ3) is 3.82. The molecule has 0 heterocycles. The zero-order valence-corrected chi connectivity index (χ0v) is 9.37. The normalized spacial score (nSPS) is 31.3. The van der Waals surface area contributed by atoms with E-state index in [1.807, 2.05) is 0 Å². The van der Waals surface area contributed by atoms with Crippen molar-refractivity contribution in [1.29, 1.82) is 0 Å². The molecule has 0 aliphatic heterocycles. The van der Waals surface area contributed by atoms with Gasteiger partial charge < -0.3 is 11.1 Å². The Hall–Kier alpha value is -0.570. The fourth-order valence-corrected chi connectivity index (χ4v) is 2.40. The average molecular weight is 210 g/mol. The van der Waals surface area contributed by atoms with Crippen molar-refractivity contribution in [2.75, 3.05) is 0 Å². The Labute approximate surface area is 91.8 Å². The molecule has 0 aromatic rings. The van der Waals surface area contributed by atoms with Crippen molar-refractivity contribution in [2.45, 2.75) is 63.5 Å². The van der Waals surface area contributed by atoms with Crippen molar-refractivity contribution < 1.29 is 4.79 Å². The summed E-state index contributed by atoms with van der Waals surface area (Å²) >= 11 is 0. The van der Waals surface area contributed by atoms with Crippen molar-refractivity contribution in [3.63, 3.8) is 0 Å². The van der Waals surface area contributed by atoms with Gasteiger partial charge in [-0.1, -0.05) is 12.8 Å². The van der Waals surface area contributed by atoms with Crippen molar-refractivity contribution in [3.8, 4) is 0 Å². The fourth-order valence-electron chi connectivity index (χ4n) is 2.40. The van der Waals surface area contributed by atoms with Crippen molar-refractivity contribution in [1.82, 2.24) is 5.32 Å². The first kappa shape index (κ1) is 10.9. The predicted octanol–water partition coefficient (Wildman–Crippen LogP) is 1.56. The van der Waals surface area contributed by atoms with Crippen LogP contribution in [0.5, 0.6) is 0 Å². The van der Waals surface area contributed by atoms with Gasteiger partial charge in [0.25, 0.3) is 0 Å². The molecule has 2 aliphatic rings. The van der Waals surface area contributed by atoms with E-state index in [1.165, 1.54) is 12.8 Å². The lowest BCUT2D eigenvalue weighted by atomic mass is 9.91. The summed E-state index contributed by atoms with van der Waals surface area (Å²) in [6.07, 6.45) is 8.84. The molecule has 3 nitrogen and oxygen atoms in total. The Bertz CT molecular complexity index is 226. The molecule has 3 heteroatoms. The van der Waals surface area contributed by atoms with Crippen LogP contribution in [0.25, 0.3) is 0 Å². The highest BCUT2D eigenvalue weighted by atomic mass is 16.1. The summed E-state index contributed by atoms with van der Waals surface area (Å²) in [7, 11) is 0. The Morgan fingerprint density at radius 1 is 1.27 bits per heavy atom. The van der Waals surface area contributed by atoms with Crippen LogP contribution in [-0.4, -0.2) is 18.0 Å². The minimum atomic E-state index is 0.237. The summed E-state index contributed by atoms with van der Waals surface area (Å²) in [6, 6.07) is 0.646. The lowest BCUT2D eigenvalue weighted by Gasteiger charge is -2.27. The van der Waals surface area contributed by atoms with Gasteiger partial charge in [-0.25, -0.2) is 0 Å². The minimum Gasteiger partial charge on any atom is -0.353 e. The van der Waals surface area contributed by atoms with Gasteiger partial charge in [0.1, 0.15) is 0 Å². The molecule has 3 N–H and O–H groups in total. The van der Waals surface area contributed by atoms with Crippen LogP contribution in [-0.2, 0) is 4.79 Å². The molecule has 0 aromatic heterocycles. The number of hydrogen-bond donors (Lipinski definition) is 2. The molecule has 0 saturated heterocycles. The molecule has 86 valence electrons. The minimum absolute atomic E-state index is 0.237. The van der Waals surface area contributed by atoms with Crippen LogP contribution < -0.4 is 11.1 Å². The second-order valence-corrected chi connectivity index (χ2v) is 5.17. The van der Waals surface area contributed by atoms with E-state index in [2.05, 4.69) is 5.32 Å². The van der Waals surface area contributed by atoms with E-state index < -0.39 is 0 Å². The van der Waals surface area contributed by atoms with E-state index in [0.717, 1.165) is 44.4 Å². The number of rotatable bonds is 4. The fraction of sp³-hybridized carbons (Fsp3) is 0.917. The number of hydrogen-bond acceptors (Lipinski definition) is 2. The van der Waals surface area contributed by atoms with E-state index >= 15 is 0 Å². The highest BCUT2D eigenvalue weighted by Gasteiger charge is 2.24. The number of nitrogens with two attached hydrogens (primary N) is 1. The monoisotopic (exact) mass is 210 g/mol. The molecule has 0 radical (unpaired) electrons. The Morgan fingerprint density at radius 3 is 2.73 bits per heavy atom. The van der Waals surface area contributed by atoms with E-state index in [-0.39, 0.29) is 5.91 Å². The zero-order chi connectivity index (χ0) is 10.7. The smallest absolute Gasteiger partial charge is 0.220 e. The highest BCUT2D eigenvalue weighted by Crippen LogP contribution is 2.33. The Kier molecular flexibility index (Phi) is 3.62. The summed E-state index contributed by atoms with van der Waals surface area (Å²) in [5.74, 6) is 1.09. The number of amides is 1. The van der Waals surface area contributed by atoms with Crippen molar-refractivity contribution in [2.24, 2.45) is 11.7 Å². The van der Waals surface area contributed by atoms with Crippen LogP contribution >= 0.6 is 0 Å². The summed E-state index contributed by atoms with van der Waals surface area (Å²) in [5.41, 5.74) is 5.88. The predicted molar refractivity (Wildman–Crippen MR) is 60.3 cm³/mol. The van der Waals surface area contributed by atoms with E-state index in [0.29, 0.717) is 12.1 Å². The van der Waals surface area contributed by atoms with Gasteiger partial charge in [0.15, 0.2) is 0 Å². The van der Waals surface area contributed by atoms with Gasteiger partial charge in [-0.2, -0.15) is 0 Å². The zero-order valence-electron chi connectivity index (χ0n) is 9.37. The summed E-state index contributed by atoms with van der Waals surface area (Å²) in [6.45, 7) is 0. The molecule has 15 heavy (non-hydrogen) atoms. The van der Waals surface area contributed by atoms with Crippen molar-refractivity contribution in [3.05, 3.63) is 0 Å². The number of nitrogens with one attached hydrogen (secondary N) is 1. The van der Waals surface area contributed by atoms with Gasteiger partial charge in [0.05, 0.1) is 0 Å². The quantitative estimate of drug-likeness (QED) is 0.740. The molecule has 2 saturated carbocycles. The van der Waals surface area contributed by atoms with Crippen LogP contribution in [0.15, 0.2) is 0 Å². The van der Waals surface area contributed by atoms with Crippen LogP contribution in [0.1, 0.15) is 51.4 Å². The topological polar surface area (TPSA) is 55.1 Å². The average Bonchev–Trinajstić information content (AvgIpc) is 2.98. The molecule has 2 aliphatic carbocycles. The standard InChI is InChI=1S/C12H22N2O/c13-10-2-1-3-11(8-10)14-12(15)7-6-9-4-5-9/h9-11H,1-8,13H2,(H,14,15). The number of carbonyl (C=O) groups is 1. The van der Waals surface area contributed by atoms with E-state index in [9.17, 15) is 4.79 Å². The maximum Gasteiger partial charge on any atom is 0.220 e. The van der Waals surface area contributed by atoms with Gasteiger partial charge in [-0.05, 0) is 38.0 Å².